The fraction of sp³-hybridized carbons (Fsp3) is 0.759. The highest BCUT2D eigenvalue weighted by atomic mass is 16.6. The second kappa shape index (κ2) is 21.2. The number of amides is 1. The molecule has 0 fully saturated rings. The zero-order valence-electron chi connectivity index (χ0n) is 22.7. The third kappa shape index (κ3) is 22.1. The number of rotatable bonds is 22. The van der Waals surface area contributed by atoms with E-state index in [9.17, 15) is 14.4 Å². The Bertz CT molecular complexity index is 609. The number of hydrogen-bond acceptors (Lipinski definition) is 5. The third-order valence-electron chi connectivity index (χ3n) is 5.56. The number of carbonyl (C=O) groups is 3. The van der Waals surface area contributed by atoms with Crippen LogP contribution in [-0.2, 0) is 23.9 Å². The van der Waals surface area contributed by atoms with E-state index in [1.807, 2.05) is 12.2 Å². The molecule has 202 valence electrons. The van der Waals surface area contributed by atoms with E-state index in [-0.39, 0.29) is 12.5 Å². The van der Waals surface area contributed by atoms with E-state index < -0.39 is 23.6 Å². The first-order valence-electron chi connectivity index (χ1n) is 13.6. The van der Waals surface area contributed by atoms with Crippen LogP contribution in [0.1, 0.15) is 124 Å². The summed E-state index contributed by atoms with van der Waals surface area (Å²) >= 11 is 0. The van der Waals surface area contributed by atoms with Gasteiger partial charge in [-0.3, -0.25) is 14.4 Å². The van der Waals surface area contributed by atoms with E-state index >= 15 is 0 Å². The molecule has 1 atom stereocenters. The smallest absolute Gasteiger partial charge is 0.325 e. The monoisotopic (exact) mass is 493 g/mol. The first-order valence-corrected chi connectivity index (χ1v) is 13.6. The molecule has 6 heteroatoms. The Morgan fingerprint density at radius 3 is 1.74 bits per heavy atom. The predicted molar refractivity (Wildman–Crippen MR) is 143 cm³/mol. The molecule has 0 aliphatic carbocycles. The Hall–Kier alpha value is -2.11. The minimum atomic E-state index is -0.871. The lowest BCUT2D eigenvalue weighted by atomic mass is 10.1. The zero-order valence-corrected chi connectivity index (χ0v) is 22.7. The van der Waals surface area contributed by atoms with Gasteiger partial charge in [0.1, 0.15) is 12.1 Å². The molecule has 35 heavy (non-hydrogen) atoms. The third-order valence-corrected chi connectivity index (χ3v) is 5.56. The van der Waals surface area contributed by atoms with Crippen LogP contribution in [0.2, 0.25) is 0 Å². The number of nitrogens with one attached hydrogen (secondary N) is 1. The Balaban J connectivity index is 4.45. The van der Waals surface area contributed by atoms with E-state index in [4.69, 9.17) is 9.47 Å². The van der Waals surface area contributed by atoms with Gasteiger partial charge in [0.2, 0.25) is 0 Å². The highest BCUT2D eigenvalue weighted by molar-refractivity contribution is 5.86. The van der Waals surface area contributed by atoms with Crippen molar-refractivity contribution in [3.05, 3.63) is 25.3 Å². The van der Waals surface area contributed by atoms with Crippen molar-refractivity contribution in [2.24, 2.45) is 0 Å². The normalized spacial score (nSPS) is 12.0. The van der Waals surface area contributed by atoms with Crippen molar-refractivity contribution in [3.8, 4) is 0 Å². The molecule has 0 spiro atoms. The van der Waals surface area contributed by atoms with Gasteiger partial charge >= 0.3 is 11.9 Å². The summed E-state index contributed by atoms with van der Waals surface area (Å²) in [6.45, 7) is 12.6. The molecule has 1 unspecified atom stereocenters. The largest absolute Gasteiger partial charge is 0.459 e. The van der Waals surface area contributed by atoms with Gasteiger partial charge in [-0.15, -0.1) is 13.2 Å². The van der Waals surface area contributed by atoms with Gasteiger partial charge in [-0.25, -0.2) is 0 Å². The summed E-state index contributed by atoms with van der Waals surface area (Å²) < 4.78 is 10.8. The van der Waals surface area contributed by atoms with Crippen LogP contribution in [0, 0.1) is 0 Å². The molecule has 1 N–H and O–H groups in total. The number of unbranched alkanes of at least 4 members (excludes halogenated alkanes) is 12. The molecule has 0 saturated heterocycles. The standard InChI is InChI=1S/C29H51NO5/c1-6-8-10-12-14-16-18-20-22-25(28(33)30-24-27(32)35-29(3,4)5)34-26(31)23-21-19-17-15-13-11-9-7-2/h6-7,25H,1-2,8-24H2,3-5H3,(H,30,33). The van der Waals surface area contributed by atoms with Crippen molar-refractivity contribution >= 4 is 17.8 Å². The van der Waals surface area contributed by atoms with Gasteiger partial charge in [0, 0.05) is 6.42 Å². The average molecular weight is 494 g/mol. The fourth-order valence-corrected chi connectivity index (χ4v) is 3.70. The van der Waals surface area contributed by atoms with E-state index in [2.05, 4.69) is 18.5 Å². The van der Waals surface area contributed by atoms with Gasteiger partial charge in [0.05, 0.1) is 0 Å². The molecule has 0 aliphatic rings. The van der Waals surface area contributed by atoms with Gasteiger partial charge in [0.15, 0.2) is 6.10 Å². The highest BCUT2D eigenvalue weighted by Crippen LogP contribution is 2.14. The number of hydrogen-bond donors (Lipinski definition) is 1. The Kier molecular flexibility index (Phi) is 19.9. The minimum absolute atomic E-state index is 0.237. The Morgan fingerprint density at radius 2 is 1.23 bits per heavy atom. The summed E-state index contributed by atoms with van der Waals surface area (Å²) in [5, 5.41) is 2.58. The molecule has 0 bridgehead atoms. The second-order valence-electron chi connectivity index (χ2n) is 10.2. The lowest BCUT2D eigenvalue weighted by Crippen LogP contribution is -2.41. The first kappa shape index (κ1) is 32.9. The Labute approximate surface area is 214 Å². The summed E-state index contributed by atoms with van der Waals surface area (Å²) in [7, 11) is 0. The topological polar surface area (TPSA) is 81.7 Å². The maximum atomic E-state index is 12.7. The fourth-order valence-electron chi connectivity index (χ4n) is 3.70. The summed E-state index contributed by atoms with van der Waals surface area (Å²) in [5.41, 5.74) is -0.620. The number of ether oxygens (including phenoxy) is 2. The molecule has 0 saturated carbocycles. The van der Waals surface area contributed by atoms with E-state index in [0.29, 0.717) is 12.8 Å². The van der Waals surface area contributed by atoms with E-state index in [0.717, 1.165) is 70.6 Å². The van der Waals surface area contributed by atoms with Crippen LogP contribution in [-0.4, -0.2) is 36.1 Å². The molecule has 6 nitrogen and oxygen atoms in total. The predicted octanol–water partition coefficient (Wildman–Crippen LogP) is 6.97. The maximum absolute atomic E-state index is 12.7. The van der Waals surface area contributed by atoms with Gasteiger partial charge < -0.3 is 14.8 Å². The van der Waals surface area contributed by atoms with Crippen LogP contribution in [0.4, 0.5) is 0 Å². The molecule has 0 radical (unpaired) electrons. The number of carbonyl (C=O) groups excluding carboxylic acids is 3. The number of allylic oxidation sites excluding steroid dienone is 2. The number of esters is 2. The summed E-state index contributed by atoms with van der Waals surface area (Å²) in [4.78, 5) is 37.0. The second-order valence-corrected chi connectivity index (χ2v) is 10.2. The van der Waals surface area contributed by atoms with Gasteiger partial charge in [-0.1, -0.05) is 63.5 Å². The van der Waals surface area contributed by atoms with Crippen LogP contribution >= 0.6 is 0 Å². The summed E-state index contributed by atoms with van der Waals surface area (Å²) in [6, 6.07) is 0. The van der Waals surface area contributed by atoms with Crippen LogP contribution in [0.15, 0.2) is 25.3 Å². The highest BCUT2D eigenvalue weighted by Gasteiger charge is 2.24. The Morgan fingerprint density at radius 1 is 0.743 bits per heavy atom. The minimum Gasteiger partial charge on any atom is -0.459 e. The molecule has 0 aliphatic heterocycles. The van der Waals surface area contributed by atoms with Crippen LogP contribution in [0.5, 0.6) is 0 Å². The van der Waals surface area contributed by atoms with Crippen LogP contribution in [0.25, 0.3) is 0 Å². The van der Waals surface area contributed by atoms with E-state index in [1.54, 1.807) is 20.8 Å². The van der Waals surface area contributed by atoms with E-state index in [1.165, 1.54) is 19.3 Å². The van der Waals surface area contributed by atoms with Crippen LogP contribution < -0.4 is 5.32 Å². The zero-order chi connectivity index (χ0) is 26.4. The molecular weight excluding hydrogens is 442 g/mol. The molecule has 1 amide bonds. The van der Waals surface area contributed by atoms with Crippen molar-refractivity contribution in [1.29, 1.82) is 0 Å². The summed E-state index contributed by atoms with van der Waals surface area (Å²) in [6.07, 6.45) is 18.6. The van der Waals surface area contributed by atoms with Crippen molar-refractivity contribution in [2.45, 2.75) is 135 Å². The SMILES string of the molecule is C=CCCCCCCCCC(=O)OC(CCCCCCCCC=C)C(=O)NCC(=O)OC(C)(C)C. The molecule has 0 aromatic rings. The lowest BCUT2D eigenvalue weighted by Gasteiger charge is -2.21. The first-order chi connectivity index (χ1) is 16.7. The van der Waals surface area contributed by atoms with Gasteiger partial charge in [0.25, 0.3) is 5.91 Å². The summed E-state index contributed by atoms with van der Waals surface area (Å²) in [5.74, 6) is -1.29. The molecule has 0 aromatic carbocycles. The molecular formula is C29H51NO5. The quantitative estimate of drug-likeness (QED) is 0.100. The van der Waals surface area contributed by atoms with Crippen LogP contribution in [0.3, 0.4) is 0 Å². The van der Waals surface area contributed by atoms with Gasteiger partial charge in [-0.2, -0.15) is 0 Å². The van der Waals surface area contributed by atoms with Crippen molar-refractivity contribution in [2.75, 3.05) is 6.54 Å². The molecule has 0 aromatic heterocycles. The average Bonchev–Trinajstić information content (AvgIpc) is 2.79. The molecule has 0 rings (SSSR count). The lowest BCUT2D eigenvalue weighted by molar-refractivity contribution is -0.158. The van der Waals surface area contributed by atoms with Crippen molar-refractivity contribution in [3.63, 3.8) is 0 Å². The van der Waals surface area contributed by atoms with Crippen molar-refractivity contribution in [1.82, 2.24) is 5.32 Å². The van der Waals surface area contributed by atoms with Crippen molar-refractivity contribution < 1.29 is 23.9 Å². The van der Waals surface area contributed by atoms with Gasteiger partial charge in [-0.05, 0) is 65.7 Å². The maximum Gasteiger partial charge on any atom is 0.325 e. The molecule has 0 heterocycles.